The molecule has 0 bridgehead atoms. The molecule has 0 heterocycles. The van der Waals surface area contributed by atoms with Crippen LogP contribution in [0.5, 0.6) is 0 Å². The minimum atomic E-state index is -0.541. The third-order valence-corrected chi connectivity index (χ3v) is 3.44. The average molecular weight is 400 g/mol. The van der Waals surface area contributed by atoms with Crippen LogP contribution >= 0.6 is 31.9 Å². The van der Waals surface area contributed by atoms with Gasteiger partial charge in [-0.15, -0.1) is 0 Å². The van der Waals surface area contributed by atoms with Crippen molar-refractivity contribution in [3.8, 4) is 0 Å². The summed E-state index contributed by atoms with van der Waals surface area (Å²) in [6.07, 6.45) is 0. The lowest BCUT2D eigenvalue weighted by Crippen LogP contribution is -2.12. The van der Waals surface area contributed by atoms with E-state index in [9.17, 15) is 14.9 Å². The maximum absolute atomic E-state index is 12.1. The maximum atomic E-state index is 12.1. The van der Waals surface area contributed by atoms with Gasteiger partial charge in [0, 0.05) is 32.3 Å². The fraction of sp³-hybridized carbons (Fsp3) is 0. The number of nitrogens with one attached hydrogen (secondary N) is 1. The first kappa shape index (κ1) is 14.7. The van der Waals surface area contributed by atoms with E-state index >= 15 is 0 Å². The number of hydrogen-bond acceptors (Lipinski definition) is 3. The standard InChI is InChI=1S/C13H8Br2N2O3/c14-9-1-3-11(4-2-9)16-13(18)8-5-10(15)7-12(6-8)17(19)20/h1-7H,(H,16,18). The number of hydrogen-bond donors (Lipinski definition) is 1. The number of rotatable bonds is 3. The van der Waals surface area contributed by atoms with Crippen molar-refractivity contribution >= 4 is 49.1 Å². The van der Waals surface area contributed by atoms with Crippen molar-refractivity contribution in [1.29, 1.82) is 0 Å². The largest absolute Gasteiger partial charge is 0.322 e. The summed E-state index contributed by atoms with van der Waals surface area (Å²) in [5.74, 6) is -0.406. The highest BCUT2D eigenvalue weighted by molar-refractivity contribution is 9.10. The second kappa shape index (κ2) is 6.15. The van der Waals surface area contributed by atoms with Gasteiger partial charge in [-0.1, -0.05) is 31.9 Å². The van der Waals surface area contributed by atoms with E-state index in [1.54, 1.807) is 24.3 Å². The van der Waals surface area contributed by atoms with Gasteiger partial charge in [-0.25, -0.2) is 0 Å². The van der Waals surface area contributed by atoms with E-state index in [4.69, 9.17) is 0 Å². The summed E-state index contributed by atoms with van der Waals surface area (Å²) in [5.41, 5.74) is 0.690. The first-order valence-corrected chi connectivity index (χ1v) is 7.06. The molecule has 0 unspecified atom stereocenters. The van der Waals surface area contributed by atoms with E-state index in [2.05, 4.69) is 37.2 Å². The zero-order valence-corrected chi connectivity index (χ0v) is 13.1. The van der Waals surface area contributed by atoms with E-state index in [1.807, 2.05) is 0 Å². The summed E-state index contributed by atoms with van der Waals surface area (Å²) in [6, 6.07) is 11.2. The second-order valence-electron chi connectivity index (χ2n) is 3.92. The van der Waals surface area contributed by atoms with Crippen LogP contribution in [0, 0.1) is 10.1 Å². The number of nitro groups is 1. The first-order chi connectivity index (χ1) is 9.45. The van der Waals surface area contributed by atoms with Crippen LogP contribution in [0.15, 0.2) is 51.4 Å². The topological polar surface area (TPSA) is 72.2 Å². The van der Waals surface area contributed by atoms with Gasteiger partial charge in [0.25, 0.3) is 11.6 Å². The molecule has 0 fully saturated rings. The molecule has 0 radical (unpaired) electrons. The van der Waals surface area contributed by atoms with Crippen molar-refractivity contribution in [1.82, 2.24) is 0 Å². The molecular formula is C13H8Br2N2O3. The number of non-ortho nitro benzene ring substituents is 1. The Hall–Kier alpha value is -1.73. The van der Waals surface area contributed by atoms with Crippen LogP contribution in [-0.2, 0) is 0 Å². The van der Waals surface area contributed by atoms with Crippen molar-refractivity contribution in [3.63, 3.8) is 0 Å². The molecule has 0 aliphatic heterocycles. The highest BCUT2D eigenvalue weighted by Gasteiger charge is 2.13. The second-order valence-corrected chi connectivity index (χ2v) is 5.75. The third-order valence-electron chi connectivity index (χ3n) is 2.46. The van der Waals surface area contributed by atoms with Gasteiger partial charge in [-0.2, -0.15) is 0 Å². The number of halogens is 2. The Bertz CT molecular complexity index is 672. The molecule has 20 heavy (non-hydrogen) atoms. The molecule has 0 aromatic heterocycles. The van der Waals surface area contributed by atoms with Gasteiger partial charge in [-0.3, -0.25) is 14.9 Å². The quantitative estimate of drug-likeness (QED) is 0.615. The lowest BCUT2D eigenvalue weighted by molar-refractivity contribution is -0.384. The normalized spacial score (nSPS) is 10.1. The van der Waals surface area contributed by atoms with Crippen LogP contribution in [0.1, 0.15) is 10.4 Å². The van der Waals surface area contributed by atoms with Gasteiger partial charge in [-0.05, 0) is 30.3 Å². The molecule has 2 rings (SSSR count). The number of nitro benzene ring substituents is 1. The Morgan fingerprint density at radius 3 is 2.30 bits per heavy atom. The Morgan fingerprint density at radius 1 is 1.05 bits per heavy atom. The molecule has 2 aromatic rings. The molecule has 0 spiro atoms. The summed E-state index contributed by atoms with van der Waals surface area (Å²) >= 11 is 6.45. The Labute approximate surface area is 131 Å². The zero-order valence-electron chi connectivity index (χ0n) is 9.97. The van der Waals surface area contributed by atoms with Gasteiger partial charge in [0.1, 0.15) is 0 Å². The summed E-state index contributed by atoms with van der Waals surface area (Å²) < 4.78 is 1.38. The van der Waals surface area contributed by atoms with Gasteiger partial charge in [0.05, 0.1) is 4.92 Å². The predicted octanol–water partition coefficient (Wildman–Crippen LogP) is 4.37. The minimum Gasteiger partial charge on any atom is -0.322 e. The number of carbonyl (C=O) groups is 1. The molecule has 5 nitrogen and oxygen atoms in total. The lowest BCUT2D eigenvalue weighted by atomic mass is 10.2. The number of carbonyl (C=O) groups excluding carboxylic acids is 1. The van der Waals surface area contributed by atoms with Gasteiger partial charge in [0.15, 0.2) is 0 Å². The van der Waals surface area contributed by atoms with Crippen molar-refractivity contribution in [2.45, 2.75) is 0 Å². The SMILES string of the molecule is O=C(Nc1ccc(Br)cc1)c1cc(Br)cc([N+](=O)[O-])c1. The molecule has 0 saturated carbocycles. The fourth-order valence-electron chi connectivity index (χ4n) is 1.55. The van der Waals surface area contributed by atoms with Gasteiger partial charge < -0.3 is 5.32 Å². The van der Waals surface area contributed by atoms with Crippen LogP contribution in [0.25, 0.3) is 0 Å². The molecule has 0 atom stereocenters. The van der Waals surface area contributed by atoms with Crippen molar-refractivity contribution < 1.29 is 9.72 Å². The number of amides is 1. The van der Waals surface area contributed by atoms with Crippen LogP contribution in [0.3, 0.4) is 0 Å². The fourth-order valence-corrected chi connectivity index (χ4v) is 2.29. The molecule has 0 aliphatic carbocycles. The monoisotopic (exact) mass is 398 g/mol. The molecule has 2 aromatic carbocycles. The van der Waals surface area contributed by atoms with E-state index in [-0.39, 0.29) is 11.3 Å². The zero-order chi connectivity index (χ0) is 14.7. The molecule has 0 aliphatic rings. The van der Waals surface area contributed by atoms with E-state index < -0.39 is 10.8 Å². The molecule has 1 amide bonds. The van der Waals surface area contributed by atoms with Crippen LogP contribution in [0.4, 0.5) is 11.4 Å². The molecule has 1 N–H and O–H groups in total. The van der Waals surface area contributed by atoms with E-state index in [0.29, 0.717) is 10.2 Å². The predicted molar refractivity (Wildman–Crippen MR) is 82.9 cm³/mol. The molecule has 0 saturated heterocycles. The summed E-state index contributed by atoms with van der Waals surface area (Å²) in [5, 5.41) is 13.4. The van der Waals surface area contributed by atoms with Gasteiger partial charge in [0.2, 0.25) is 0 Å². The molecular weight excluding hydrogens is 392 g/mol. The Morgan fingerprint density at radius 2 is 1.70 bits per heavy atom. The lowest BCUT2D eigenvalue weighted by Gasteiger charge is -2.06. The Kier molecular flexibility index (Phi) is 4.51. The highest BCUT2D eigenvalue weighted by atomic mass is 79.9. The van der Waals surface area contributed by atoms with Crippen LogP contribution < -0.4 is 5.32 Å². The highest BCUT2D eigenvalue weighted by Crippen LogP contribution is 2.22. The van der Waals surface area contributed by atoms with Crippen LogP contribution in [0.2, 0.25) is 0 Å². The third kappa shape index (κ3) is 3.64. The van der Waals surface area contributed by atoms with Crippen molar-refractivity contribution in [3.05, 3.63) is 67.1 Å². The number of benzene rings is 2. The first-order valence-electron chi connectivity index (χ1n) is 5.47. The van der Waals surface area contributed by atoms with Crippen molar-refractivity contribution in [2.24, 2.45) is 0 Å². The molecule has 7 heteroatoms. The minimum absolute atomic E-state index is 0.139. The van der Waals surface area contributed by atoms with Crippen LogP contribution in [-0.4, -0.2) is 10.8 Å². The summed E-state index contributed by atoms with van der Waals surface area (Å²) in [6.45, 7) is 0. The van der Waals surface area contributed by atoms with E-state index in [0.717, 1.165) is 4.47 Å². The number of anilines is 1. The average Bonchev–Trinajstić information content (AvgIpc) is 2.40. The Balaban J connectivity index is 2.25. The maximum Gasteiger partial charge on any atom is 0.271 e. The van der Waals surface area contributed by atoms with E-state index in [1.165, 1.54) is 18.2 Å². The number of nitrogens with zero attached hydrogens (tertiary/aromatic N) is 1. The molecule has 102 valence electrons. The summed E-state index contributed by atoms with van der Waals surface area (Å²) in [4.78, 5) is 22.3. The van der Waals surface area contributed by atoms with Crippen molar-refractivity contribution in [2.75, 3.05) is 5.32 Å². The smallest absolute Gasteiger partial charge is 0.271 e. The summed E-state index contributed by atoms with van der Waals surface area (Å²) in [7, 11) is 0. The van der Waals surface area contributed by atoms with Gasteiger partial charge >= 0.3 is 0 Å².